The molecule has 3 aromatic heterocycles. The van der Waals surface area contributed by atoms with Crippen molar-refractivity contribution in [1.82, 2.24) is 24.3 Å². The average molecular weight is 497 g/mol. The van der Waals surface area contributed by atoms with Crippen molar-refractivity contribution < 1.29 is 14.3 Å². The van der Waals surface area contributed by atoms with Crippen LogP contribution in [0.2, 0.25) is 5.02 Å². The number of benzene rings is 1. The lowest BCUT2D eigenvalue weighted by molar-refractivity contribution is -0.120. The molecule has 0 spiro atoms. The Morgan fingerprint density at radius 3 is 2.60 bits per heavy atom. The van der Waals surface area contributed by atoms with Crippen LogP contribution < -0.4 is 20.3 Å². The molecule has 1 N–H and O–H groups in total. The first kappa shape index (κ1) is 24.2. The average Bonchev–Trinajstić information content (AvgIpc) is 3.18. The van der Waals surface area contributed by atoms with Gasteiger partial charge in [0.25, 0.3) is 11.5 Å². The molecule has 0 bridgehead atoms. The van der Waals surface area contributed by atoms with Gasteiger partial charge < -0.3 is 19.4 Å². The van der Waals surface area contributed by atoms with Crippen LogP contribution in [0.5, 0.6) is 11.5 Å². The highest BCUT2D eigenvalue weighted by molar-refractivity contribution is 6.32. The van der Waals surface area contributed by atoms with E-state index in [1.54, 1.807) is 30.8 Å². The normalized spacial score (nSPS) is 11.0. The Bertz CT molecular complexity index is 1490. The highest BCUT2D eigenvalue weighted by atomic mass is 35.5. The standard InChI is InChI=1S/C24H25ClN6O4/c1-6-17(32)12-35-20-9-15-8-16(10-19(34-5)21(15)30(4)23(20)33)27-22-18(25)11-26-24(28-22)31-14(3)7-13(2)29-31/h7-11H,6,12H2,1-5H3,(H,26,27,28). The van der Waals surface area contributed by atoms with Crippen LogP contribution in [-0.4, -0.2) is 43.8 Å². The molecule has 0 saturated heterocycles. The lowest BCUT2D eigenvalue weighted by atomic mass is 10.1. The number of rotatable bonds is 8. The number of nitrogens with zero attached hydrogens (tertiary/aromatic N) is 5. The molecule has 0 aliphatic rings. The van der Waals surface area contributed by atoms with Gasteiger partial charge in [-0.15, -0.1) is 0 Å². The third-order valence-electron chi connectivity index (χ3n) is 5.44. The number of halogens is 1. The first-order valence-electron chi connectivity index (χ1n) is 10.9. The Labute approximate surface area is 206 Å². The fraction of sp³-hybridized carbons (Fsp3) is 0.292. The molecule has 182 valence electrons. The topological polar surface area (TPSA) is 113 Å². The molecule has 0 amide bonds. The summed E-state index contributed by atoms with van der Waals surface area (Å²) >= 11 is 6.38. The van der Waals surface area contributed by atoms with Crippen molar-refractivity contribution in [2.75, 3.05) is 19.0 Å². The molecule has 3 heterocycles. The fourth-order valence-electron chi connectivity index (χ4n) is 3.68. The van der Waals surface area contributed by atoms with Crippen LogP contribution in [0.15, 0.2) is 35.3 Å². The second-order valence-electron chi connectivity index (χ2n) is 8.00. The maximum atomic E-state index is 12.8. The fourth-order valence-corrected chi connectivity index (χ4v) is 3.81. The number of hydrogen-bond donors (Lipinski definition) is 1. The van der Waals surface area contributed by atoms with E-state index < -0.39 is 0 Å². The molecule has 0 atom stereocenters. The Morgan fingerprint density at radius 2 is 1.94 bits per heavy atom. The van der Waals surface area contributed by atoms with Crippen molar-refractivity contribution in [2.24, 2.45) is 7.05 Å². The molecule has 0 fully saturated rings. The quantitative estimate of drug-likeness (QED) is 0.391. The van der Waals surface area contributed by atoms with E-state index in [0.29, 0.717) is 45.5 Å². The monoisotopic (exact) mass is 496 g/mol. The zero-order valence-electron chi connectivity index (χ0n) is 20.0. The summed E-state index contributed by atoms with van der Waals surface area (Å²) in [6, 6.07) is 7.08. The summed E-state index contributed by atoms with van der Waals surface area (Å²) in [5.41, 5.74) is 2.56. The van der Waals surface area contributed by atoms with E-state index in [2.05, 4.69) is 20.4 Å². The first-order valence-corrected chi connectivity index (χ1v) is 11.3. The number of aromatic nitrogens is 5. The first-order chi connectivity index (χ1) is 16.7. The van der Waals surface area contributed by atoms with E-state index in [1.807, 2.05) is 26.0 Å². The minimum absolute atomic E-state index is 0.0767. The zero-order chi connectivity index (χ0) is 25.3. The molecule has 1 aromatic carbocycles. The molecule has 0 radical (unpaired) electrons. The molecule has 11 heteroatoms. The number of methoxy groups -OCH3 is 1. The number of nitrogens with one attached hydrogen (secondary N) is 1. The maximum absolute atomic E-state index is 12.8. The summed E-state index contributed by atoms with van der Waals surface area (Å²) in [5.74, 6) is 1.18. The third-order valence-corrected chi connectivity index (χ3v) is 5.71. The Morgan fingerprint density at radius 1 is 1.17 bits per heavy atom. The van der Waals surface area contributed by atoms with Gasteiger partial charge in [-0.1, -0.05) is 18.5 Å². The molecule has 4 rings (SSSR count). The van der Waals surface area contributed by atoms with Crippen molar-refractivity contribution in [2.45, 2.75) is 27.2 Å². The molecule has 0 aliphatic carbocycles. The van der Waals surface area contributed by atoms with Crippen molar-refractivity contribution in [3.8, 4) is 17.4 Å². The van der Waals surface area contributed by atoms with Crippen molar-refractivity contribution >= 4 is 39.8 Å². The van der Waals surface area contributed by atoms with Gasteiger partial charge in [0.15, 0.2) is 17.4 Å². The van der Waals surface area contributed by atoms with Crippen LogP contribution in [0.4, 0.5) is 11.5 Å². The van der Waals surface area contributed by atoms with Gasteiger partial charge in [0.1, 0.15) is 17.4 Å². The SMILES string of the molecule is CCC(=O)COc1cc2cc(Nc3nc(-n4nc(C)cc4C)ncc3Cl)cc(OC)c2n(C)c1=O. The second-order valence-corrected chi connectivity index (χ2v) is 8.41. The van der Waals surface area contributed by atoms with E-state index >= 15 is 0 Å². The number of carbonyl (C=O) groups is 1. The largest absolute Gasteiger partial charge is 0.494 e. The molecule has 0 saturated carbocycles. The number of Topliss-reactive ketones (excluding diaryl/α,β-unsaturated/α-hetero) is 1. The van der Waals surface area contributed by atoms with Crippen molar-refractivity contribution in [3.63, 3.8) is 0 Å². The van der Waals surface area contributed by atoms with E-state index in [4.69, 9.17) is 21.1 Å². The third kappa shape index (κ3) is 4.83. The number of pyridine rings is 1. The molecular weight excluding hydrogens is 472 g/mol. The number of aryl methyl sites for hydroxylation is 3. The van der Waals surface area contributed by atoms with Crippen LogP contribution in [0.3, 0.4) is 0 Å². The van der Waals surface area contributed by atoms with Crippen LogP contribution in [0.25, 0.3) is 16.9 Å². The van der Waals surface area contributed by atoms with Gasteiger partial charge in [-0.25, -0.2) is 9.67 Å². The Kier molecular flexibility index (Phi) is 6.74. The summed E-state index contributed by atoms with van der Waals surface area (Å²) in [5, 5.41) is 8.60. The van der Waals surface area contributed by atoms with Gasteiger partial charge in [0.2, 0.25) is 0 Å². The highest BCUT2D eigenvalue weighted by Crippen LogP contribution is 2.33. The van der Waals surface area contributed by atoms with E-state index in [1.165, 1.54) is 17.9 Å². The molecule has 4 aromatic rings. The minimum atomic E-state index is -0.367. The number of ketones is 1. The number of fused-ring (bicyclic) bond motifs is 1. The minimum Gasteiger partial charge on any atom is -0.494 e. The van der Waals surface area contributed by atoms with Gasteiger partial charge in [-0.2, -0.15) is 10.1 Å². The van der Waals surface area contributed by atoms with Crippen LogP contribution in [-0.2, 0) is 11.8 Å². The molecule has 0 aliphatic heterocycles. The second kappa shape index (κ2) is 9.75. The van der Waals surface area contributed by atoms with Gasteiger partial charge in [0, 0.05) is 36.3 Å². The Hall–Kier alpha value is -3.92. The Balaban J connectivity index is 1.76. The van der Waals surface area contributed by atoms with E-state index in [-0.39, 0.29) is 23.7 Å². The van der Waals surface area contributed by atoms with Gasteiger partial charge in [0.05, 0.1) is 24.5 Å². The van der Waals surface area contributed by atoms with Crippen molar-refractivity contribution in [3.05, 3.63) is 57.2 Å². The van der Waals surface area contributed by atoms with E-state index in [9.17, 15) is 9.59 Å². The molecule has 35 heavy (non-hydrogen) atoms. The number of ether oxygens (including phenoxy) is 2. The summed E-state index contributed by atoms with van der Waals surface area (Å²) < 4.78 is 14.1. The predicted octanol–water partition coefficient (Wildman–Crippen LogP) is 3.89. The van der Waals surface area contributed by atoms with E-state index in [0.717, 1.165) is 11.4 Å². The molecule has 10 nitrogen and oxygen atoms in total. The zero-order valence-corrected chi connectivity index (χ0v) is 20.8. The lowest BCUT2D eigenvalue weighted by Gasteiger charge is -2.16. The van der Waals surface area contributed by atoms with Crippen LogP contribution >= 0.6 is 11.6 Å². The number of anilines is 2. The van der Waals surface area contributed by atoms with Gasteiger partial charge in [-0.3, -0.25) is 9.59 Å². The maximum Gasteiger partial charge on any atom is 0.293 e. The predicted molar refractivity (Wildman–Crippen MR) is 133 cm³/mol. The smallest absolute Gasteiger partial charge is 0.293 e. The lowest BCUT2D eigenvalue weighted by Crippen LogP contribution is -2.22. The summed E-state index contributed by atoms with van der Waals surface area (Å²) in [6.07, 6.45) is 1.83. The molecule has 0 unspecified atom stereocenters. The van der Waals surface area contributed by atoms with Gasteiger partial charge >= 0.3 is 0 Å². The summed E-state index contributed by atoms with van der Waals surface area (Å²) in [4.78, 5) is 33.3. The number of hydrogen-bond acceptors (Lipinski definition) is 8. The molecular formula is C24H25ClN6O4. The van der Waals surface area contributed by atoms with Crippen molar-refractivity contribution in [1.29, 1.82) is 0 Å². The van der Waals surface area contributed by atoms with Crippen LogP contribution in [0, 0.1) is 13.8 Å². The summed E-state index contributed by atoms with van der Waals surface area (Å²) in [6.45, 7) is 5.38. The highest BCUT2D eigenvalue weighted by Gasteiger charge is 2.16. The summed E-state index contributed by atoms with van der Waals surface area (Å²) in [7, 11) is 3.14. The number of carbonyl (C=O) groups excluding carboxylic acids is 1. The van der Waals surface area contributed by atoms with Gasteiger partial charge in [-0.05, 0) is 32.0 Å². The van der Waals surface area contributed by atoms with Crippen LogP contribution in [0.1, 0.15) is 24.7 Å².